The first-order valence-corrected chi connectivity index (χ1v) is 5.35. The first-order valence-electron chi connectivity index (χ1n) is 5.35. The lowest BCUT2D eigenvalue weighted by atomic mass is 10.3. The Hall–Kier alpha value is -1.04. The van der Waals surface area contributed by atoms with Gasteiger partial charge in [0.1, 0.15) is 5.82 Å². The van der Waals surface area contributed by atoms with Crippen LogP contribution in [-0.4, -0.2) is 43.9 Å². The van der Waals surface area contributed by atoms with Crippen LogP contribution in [0.4, 0.5) is 0 Å². The molecule has 0 saturated heterocycles. The van der Waals surface area contributed by atoms with E-state index in [1.54, 1.807) is 14.2 Å². The Labute approximate surface area is 96.2 Å². The van der Waals surface area contributed by atoms with Gasteiger partial charge in [0.15, 0.2) is 0 Å². The molecule has 1 N–H and O–H groups in total. The van der Waals surface area contributed by atoms with Crippen LogP contribution in [-0.2, 0) is 22.4 Å². The maximum Gasteiger partial charge on any atom is 0.130 e. The third-order valence-electron chi connectivity index (χ3n) is 2.10. The van der Waals surface area contributed by atoms with Crippen LogP contribution >= 0.6 is 0 Å². The molecular weight excluding hydrogens is 206 g/mol. The number of methoxy groups -OCH3 is 2. The van der Waals surface area contributed by atoms with E-state index in [0.29, 0.717) is 13.2 Å². The van der Waals surface area contributed by atoms with Crippen LogP contribution in [0.2, 0.25) is 0 Å². The van der Waals surface area contributed by atoms with Crippen molar-refractivity contribution >= 4 is 0 Å². The maximum atomic E-state index is 4.96. The van der Waals surface area contributed by atoms with Gasteiger partial charge in [0, 0.05) is 51.7 Å². The highest BCUT2D eigenvalue weighted by molar-refractivity contribution is 5.04. The van der Waals surface area contributed by atoms with Crippen LogP contribution < -0.4 is 5.32 Å². The molecule has 1 aromatic rings. The van der Waals surface area contributed by atoms with Gasteiger partial charge < -0.3 is 14.8 Å². The Morgan fingerprint density at radius 2 is 1.81 bits per heavy atom. The lowest BCUT2D eigenvalue weighted by molar-refractivity contribution is 0.199. The zero-order valence-electron chi connectivity index (χ0n) is 9.90. The number of hydrogen-bond donors (Lipinski definition) is 1. The Morgan fingerprint density at radius 1 is 1.12 bits per heavy atom. The molecule has 0 radical (unpaired) electrons. The highest BCUT2D eigenvalue weighted by Crippen LogP contribution is 1.96. The number of aromatic nitrogens is 2. The first kappa shape index (κ1) is 13.0. The van der Waals surface area contributed by atoms with E-state index in [4.69, 9.17) is 9.47 Å². The molecule has 90 valence electrons. The van der Waals surface area contributed by atoms with E-state index >= 15 is 0 Å². The average Bonchev–Trinajstić information content (AvgIpc) is 2.33. The molecule has 0 aliphatic rings. The molecule has 1 rings (SSSR count). The largest absolute Gasteiger partial charge is 0.384 e. The summed E-state index contributed by atoms with van der Waals surface area (Å²) in [7, 11) is 3.36. The van der Waals surface area contributed by atoms with Gasteiger partial charge in [0.05, 0.1) is 13.2 Å². The fraction of sp³-hybridized carbons (Fsp3) is 0.636. The number of rotatable bonds is 8. The van der Waals surface area contributed by atoms with E-state index in [0.717, 1.165) is 30.9 Å². The van der Waals surface area contributed by atoms with Crippen LogP contribution in [0.25, 0.3) is 0 Å². The Morgan fingerprint density at radius 3 is 2.44 bits per heavy atom. The molecule has 1 aromatic heterocycles. The van der Waals surface area contributed by atoms with Crippen LogP contribution in [0, 0.1) is 0 Å². The SMILES string of the molecule is COCCNCc1cnc(CCOC)nc1. The van der Waals surface area contributed by atoms with Crippen LogP contribution in [0.1, 0.15) is 11.4 Å². The van der Waals surface area contributed by atoms with Crippen molar-refractivity contribution in [2.24, 2.45) is 0 Å². The molecule has 0 spiro atoms. The zero-order valence-corrected chi connectivity index (χ0v) is 9.90. The van der Waals surface area contributed by atoms with Gasteiger partial charge in [-0.15, -0.1) is 0 Å². The van der Waals surface area contributed by atoms with Gasteiger partial charge in [-0.25, -0.2) is 9.97 Å². The third kappa shape index (κ3) is 5.16. The van der Waals surface area contributed by atoms with Crippen LogP contribution in [0.5, 0.6) is 0 Å². The molecular formula is C11H19N3O2. The second-order valence-electron chi connectivity index (χ2n) is 3.42. The van der Waals surface area contributed by atoms with Crippen molar-refractivity contribution in [1.29, 1.82) is 0 Å². The van der Waals surface area contributed by atoms with Crippen LogP contribution in [0.3, 0.4) is 0 Å². The standard InChI is InChI=1S/C11H19N3O2/c1-15-5-3-11-13-8-10(9-14-11)7-12-4-6-16-2/h8-9,12H,3-7H2,1-2H3. The van der Waals surface area contributed by atoms with E-state index in [-0.39, 0.29) is 0 Å². The van der Waals surface area contributed by atoms with Gasteiger partial charge in [-0.1, -0.05) is 0 Å². The monoisotopic (exact) mass is 225 g/mol. The molecule has 0 fully saturated rings. The van der Waals surface area contributed by atoms with Gasteiger partial charge in [-0.2, -0.15) is 0 Å². The van der Waals surface area contributed by atoms with E-state index < -0.39 is 0 Å². The molecule has 5 nitrogen and oxygen atoms in total. The molecule has 0 unspecified atom stereocenters. The summed E-state index contributed by atoms with van der Waals surface area (Å²) in [6, 6.07) is 0. The van der Waals surface area contributed by atoms with Gasteiger partial charge in [0.2, 0.25) is 0 Å². The summed E-state index contributed by atoms with van der Waals surface area (Å²) in [5.41, 5.74) is 1.08. The molecule has 0 aliphatic heterocycles. The zero-order chi connectivity index (χ0) is 11.6. The topological polar surface area (TPSA) is 56.3 Å². The van der Waals surface area contributed by atoms with Crippen LogP contribution in [0.15, 0.2) is 12.4 Å². The molecule has 5 heteroatoms. The first-order chi connectivity index (χ1) is 7.86. The number of nitrogens with one attached hydrogen (secondary N) is 1. The second kappa shape index (κ2) is 8.15. The summed E-state index contributed by atoms with van der Waals surface area (Å²) in [5, 5.41) is 3.24. The Kier molecular flexibility index (Phi) is 6.64. The lowest BCUT2D eigenvalue weighted by Gasteiger charge is -2.04. The fourth-order valence-corrected chi connectivity index (χ4v) is 1.20. The Bertz CT molecular complexity index is 277. The molecule has 0 amide bonds. The van der Waals surface area contributed by atoms with E-state index in [1.165, 1.54) is 0 Å². The average molecular weight is 225 g/mol. The normalized spacial score (nSPS) is 10.6. The van der Waals surface area contributed by atoms with Crippen molar-refractivity contribution in [3.05, 3.63) is 23.8 Å². The minimum absolute atomic E-state index is 0.658. The molecule has 16 heavy (non-hydrogen) atoms. The number of ether oxygens (including phenoxy) is 2. The summed E-state index contributed by atoms with van der Waals surface area (Å²) >= 11 is 0. The summed E-state index contributed by atoms with van der Waals surface area (Å²) in [6.07, 6.45) is 4.45. The summed E-state index contributed by atoms with van der Waals surface area (Å²) < 4.78 is 9.90. The van der Waals surface area contributed by atoms with Crippen molar-refractivity contribution in [2.75, 3.05) is 34.0 Å². The summed E-state index contributed by atoms with van der Waals surface area (Å²) in [5.74, 6) is 0.822. The summed E-state index contributed by atoms with van der Waals surface area (Å²) in [6.45, 7) is 2.98. The second-order valence-corrected chi connectivity index (χ2v) is 3.42. The molecule has 0 saturated carbocycles. The predicted molar refractivity (Wildman–Crippen MR) is 61.2 cm³/mol. The molecule has 0 aliphatic carbocycles. The molecule has 0 atom stereocenters. The Balaban J connectivity index is 2.27. The molecule has 0 bridgehead atoms. The van der Waals surface area contributed by atoms with Crippen molar-refractivity contribution in [1.82, 2.24) is 15.3 Å². The van der Waals surface area contributed by atoms with Crippen molar-refractivity contribution in [3.63, 3.8) is 0 Å². The predicted octanol–water partition coefficient (Wildman–Crippen LogP) is 0.401. The third-order valence-corrected chi connectivity index (χ3v) is 2.10. The number of hydrogen-bond acceptors (Lipinski definition) is 5. The van der Waals surface area contributed by atoms with Crippen molar-refractivity contribution < 1.29 is 9.47 Å². The van der Waals surface area contributed by atoms with Gasteiger partial charge in [-0.3, -0.25) is 0 Å². The van der Waals surface area contributed by atoms with Gasteiger partial charge in [0.25, 0.3) is 0 Å². The lowest BCUT2D eigenvalue weighted by Crippen LogP contribution is -2.18. The highest BCUT2D eigenvalue weighted by Gasteiger charge is 1.97. The van der Waals surface area contributed by atoms with Gasteiger partial charge in [-0.05, 0) is 0 Å². The smallest absolute Gasteiger partial charge is 0.130 e. The quantitative estimate of drug-likeness (QED) is 0.649. The number of nitrogens with zero attached hydrogens (tertiary/aromatic N) is 2. The minimum Gasteiger partial charge on any atom is -0.384 e. The van der Waals surface area contributed by atoms with Crippen molar-refractivity contribution in [2.45, 2.75) is 13.0 Å². The van der Waals surface area contributed by atoms with E-state index in [1.807, 2.05) is 12.4 Å². The molecule has 1 heterocycles. The van der Waals surface area contributed by atoms with Gasteiger partial charge >= 0.3 is 0 Å². The minimum atomic E-state index is 0.658. The fourth-order valence-electron chi connectivity index (χ4n) is 1.20. The van der Waals surface area contributed by atoms with Crippen molar-refractivity contribution in [3.8, 4) is 0 Å². The van der Waals surface area contributed by atoms with E-state index in [9.17, 15) is 0 Å². The highest BCUT2D eigenvalue weighted by atomic mass is 16.5. The summed E-state index contributed by atoms with van der Waals surface area (Å²) in [4.78, 5) is 8.51. The molecule has 0 aromatic carbocycles. The van der Waals surface area contributed by atoms with E-state index in [2.05, 4.69) is 15.3 Å². The maximum absolute atomic E-state index is 4.96.